The van der Waals surface area contributed by atoms with Crippen molar-refractivity contribution >= 4 is 6.09 Å². The van der Waals surface area contributed by atoms with E-state index in [0.29, 0.717) is 25.7 Å². The molecule has 0 saturated heterocycles. The van der Waals surface area contributed by atoms with Crippen LogP contribution in [0.25, 0.3) is 0 Å². The largest absolute Gasteiger partial charge is 0.465 e. The second kappa shape index (κ2) is 6.18. The zero-order valence-electron chi connectivity index (χ0n) is 12.9. The normalized spacial score (nSPS) is 22.8. The first-order valence-electron chi connectivity index (χ1n) is 7.34. The Morgan fingerprint density at radius 3 is 2.27 bits per heavy atom. The molecule has 1 aliphatic carbocycles. The fourth-order valence-corrected chi connectivity index (χ4v) is 3.07. The molecular weight excluding hydrogens is 296 g/mol. The van der Waals surface area contributed by atoms with Crippen LogP contribution in [-0.2, 0) is 0 Å². The number of rotatable bonds is 3. The van der Waals surface area contributed by atoms with Gasteiger partial charge in [0.2, 0.25) is 5.89 Å². The van der Waals surface area contributed by atoms with E-state index in [1.54, 1.807) is 0 Å². The van der Waals surface area contributed by atoms with Crippen molar-refractivity contribution in [2.24, 2.45) is 0 Å². The van der Waals surface area contributed by atoms with E-state index in [1.165, 1.54) is 4.90 Å². The third-order valence-corrected chi connectivity index (χ3v) is 3.98. The van der Waals surface area contributed by atoms with Crippen molar-refractivity contribution in [1.29, 1.82) is 0 Å². The molecule has 8 heteroatoms. The van der Waals surface area contributed by atoms with Crippen molar-refractivity contribution < 1.29 is 23.1 Å². The molecule has 0 aliphatic heterocycles. The average molecular weight is 317 g/mol. The Bertz CT molecular complexity index is 520. The van der Waals surface area contributed by atoms with Gasteiger partial charge < -0.3 is 14.4 Å². The van der Waals surface area contributed by atoms with E-state index in [1.807, 2.05) is 20.8 Å². The number of halogens is 2. The smallest absolute Gasteiger partial charge is 0.407 e. The maximum absolute atomic E-state index is 12.5. The monoisotopic (exact) mass is 317 g/mol. The highest BCUT2D eigenvalue weighted by atomic mass is 19.3. The molecule has 1 aromatic heterocycles. The summed E-state index contributed by atoms with van der Waals surface area (Å²) in [5.74, 6) is -0.503. The van der Waals surface area contributed by atoms with E-state index < -0.39 is 23.9 Å². The van der Waals surface area contributed by atoms with E-state index >= 15 is 0 Å². The first-order chi connectivity index (χ1) is 10.2. The molecule has 0 atom stereocenters. The van der Waals surface area contributed by atoms with Crippen LogP contribution in [0, 0.1) is 0 Å². The average Bonchev–Trinajstić information content (AvgIpc) is 2.87. The van der Waals surface area contributed by atoms with E-state index in [2.05, 4.69) is 10.2 Å². The maximum atomic E-state index is 12.5. The van der Waals surface area contributed by atoms with Gasteiger partial charge in [-0.2, -0.15) is 8.78 Å². The minimum Gasteiger partial charge on any atom is -0.465 e. The molecule has 6 nitrogen and oxygen atoms in total. The van der Waals surface area contributed by atoms with Crippen LogP contribution >= 0.6 is 0 Å². The third-order valence-electron chi connectivity index (χ3n) is 3.98. The number of carboxylic acid groups (broad SMARTS) is 1. The maximum Gasteiger partial charge on any atom is 0.407 e. The van der Waals surface area contributed by atoms with Crippen LogP contribution in [-0.4, -0.2) is 37.9 Å². The molecule has 1 N–H and O–H groups in total. The summed E-state index contributed by atoms with van der Waals surface area (Å²) in [6.07, 6.45) is -1.10. The predicted molar refractivity (Wildman–Crippen MR) is 73.9 cm³/mol. The second-order valence-corrected chi connectivity index (χ2v) is 6.61. The topological polar surface area (TPSA) is 79.5 Å². The van der Waals surface area contributed by atoms with Gasteiger partial charge in [-0.15, -0.1) is 10.2 Å². The number of hydrogen-bond acceptors (Lipinski definition) is 4. The van der Waals surface area contributed by atoms with Crippen LogP contribution in [0.2, 0.25) is 0 Å². The summed E-state index contributed by atoms with van der Waals surface area (Å²) in [5, 5.41) is 16.4. The molecule has 1 saturated carbocycles. The van der Waals surface area contributed by atoms with Gasteiger partial charge in [-0.05, 0) is 46.5 Å². The van der Waals surface area contributed by atoms with Gasteiger partial charge in [-0.1, -0.05) is 0 Å². The van der Waals surface area contributed by atoms with Crippen LogP contribution in [0.3, 0.4) is 0 Å². The standard InChI is InChI=1S/C14H21F2N3O3/c1-14(2,3)19(13(20)21)9-6-4-8(5-7-9)11-17-18-12(22-11)10(15)16/h8-10H,4-7H2,1-3H3,(H,20,21). The van der Waals surface area contributed by atoms with Gasteiger partial charge in [-0.25, -0.2) is 4.79 Å². The molecule has 1 aromatic rings. The SMILES string of the molecule is CC(C)(C)N(C(=O)O)C1CCC(c2nnc(C(F)F)o2)CC1. The van der Waals surface area contributed by atoms with Crippen LogP contribution in [0.5, 0.6) is 0 Å². The highest BCUT2D eigenvalue weighted by molar-refractivity contribution is 5.66. The molecule has 2 rings (SSSR count). The molecule has 124 valence electrons. The Morgan fingerprint density at radius 1 is 1.27 bits per heavy atom. The summed E-state index contributed by atoms with van der Waals surface area (Å²) in [6, 6.07) is -0.0776. The van der Waals surface area contributed by atoms with Crippen LogP contribution < -0.4 is 0 Å². The molecule has 1 amide bonds. The first kappa shape index (κ1) is 16.6. The summed E-state index contributed by atoms with van der Waals surface area (Å²) >= 11 is 0. The summed E-state index contributed by atoms with van der Waals surface area (Å²) in [4.78, 5) is 13.0. The van der Waals surface area contributed by atoms with Crippen LogP contribution in [0.15, 0.2) is 4.42 Å². The zero-order valence-corrected chi connectivity index (χ0v) is 12.9. The Labute approximate surface area is 127 Å². The molecule has 1 fully saturated rings. The number of carbonyl (C=O) groups is 1. The lowest BCUT2D eigenvalue weighted by Gasteiger charge is -2.42. The quantitative estimate of drug-likeness (QED) is 0.917. The van der Waals surface area contributed by atoms with Gasteiger partial charge in [0, 0.05) is 17.5 Å². The minimum absolute atomic E-state index is 0.0770. The highest BCUT2D eigenvalue weighted by Gasteiger charge is 2.37. The van der Waals surface area contributed by atoms with Crippen molar-refractivity contribution in [3.8, 4) is 0 Å². The molecule has 0 radical (unpaired) electrons. The van der Waals surface area contributed by atoms with Gasteiger partial charge in [0.05, 0.1) is 0 Å². The van der Waals surface area contributed by atoms with Crippen LogP contribution in [0.1, 0.15) is 70.6 Å². The lowest BCUT2D eigenvalue weighted by atomic mass is 9.84. The van der Waals surface area contributed by atoms with Crippen LogP contribution in [0.4, 0.5) is 13.6 Å². The molecule has 1 aliphatic rings. The lowest BCUT2D eigenvalue weighted by molar-refractivity contribution is 0.0529. The fourth-order valence-electron chi connectivity index (χ4n) is 3.07. The van der Waals surface area contributed by atoms with E-state index in [-0.39, 0.29) is 17.9 Å². The molecule has 0 spiro atoms. The summed E-state index contributed by atoms with van der Waals surface area (Å²) in [5.41, 5.74) is -0.476. The van der Waals surface area contributed by atoms with Gasteiger partial charge >= 0.3 is 12.5 Å². The fraction of sp³-hybridized carbons (Fsp3) is 0.786. The van der Waals surface area contributed by atoms with E-state index in [0.717, 1.165) is 0 Å². The summed E-state index contributed by atoms with van der Waals surface area (Å²) in [6.45, 7) is 5.58. The number of nitrogens with zero attached hydrogens (tertiary/aromatic N) is 3. The van der Waals surface area contributed by atoms with Gasteiger partial charge in [0.15, 0.2) is 0 Å². The van der Waals surface area contributed by atoms with E-state index in [9.17, 15) is 18.7 Å². The number of alkyl halides is 2. The second-order valence-electron chi connectivity index (χ2n) is 6.61. The molecule has 0 unspecified atom stereocenters. The Balaban J connectivity index is 2.01. The molecular formula is C14H21F2N3O3. The highest BCUT2D eigenvalue weighted by Crippen LogP contribution is 2.36. The Morgan fingerprint density at radius 2 is 1.86 bits per heavy atom. The van der Waals surface area contributed by atoms with Crippen molar-refractivity contribution in [2.75, 3.05) is 0 Å². The Hall–Kier alpha value is -1.73. The minimum atomic E-state index is -2.76. The first-order valence-corrected chi connectivity index (χ1v) is 7.34. The van der Waals surface area contributed by atoms with Gasteiger partial charge in [-0.3, -0.25) is 0 Å². The van der Waals surface area contributed by atoms with Crippen molar-refractivity contribution in [3.05, 3.63) is 11.8 Å². The third kappa shape index (κ3) is 3.53. The van der Waals surface area contributed by atoms with Gasteiger partial charge in [0.25, 0.3) is 5.89 Å². The predicted octanol–water partition coefficient (Wildman–Crippen LogP) is 3.81. The zero-order chi connectivity index (χ0) is 16.5. The van der Waals surface area contributed by atoms with Gasteiger partial charge in [0.1, 0.15) is 0 Å². The van der Waals surface area contributed by atoms with Crippen molar-refractivity contribution in [2.45, 2.75) is 70.4 Å². The summed E-state index contributed by atoms with van der Waals surface area (Å²) in [7, 11) is 0. The number of amides is 1. The molecule has 0 aromatic carbocycles. The van der Waals surface area contributed by atoms with E-state index in [4.69, 9.17) is 4.42 Å². The molecule has 22 heavy (non-hydrogen) atoms. The van der Waals surface area contributed by atoms with Crippen molar-refractivity contribution in [3.63, 3.8) is 0 Å². The Kier molecular flexibility index (Phi) is 4.67. The van der Waals surface area contributed by atoms with Crippen molar-refractivity contribution in [1.82, 2.24) is 15.1 Å². The summed E-state index contributed by atoms with van der Waals surface area (Å²) < 4.78 is 29.9. The molecule has 1 heterocycles. The lowest BCUT2D eigenvalue weighted by Crippen LogP contribution is -2.52. The molecule has 0 bridgehead atoms. The number of aromatic nitrogens is 2. The number of hydrogen-bond donors (Lipinski definition) is 1.